The third-order valence-electron chi connectivity index (χ3n) is 3.89. The van der Waals surface area contributed by atoms with E-state index in [9.17, 15) is 13.6 Å². The van der Waals surface area contributed by atoms with Crippen molar-refractivity contribution in [3.05, 3.63) is 53.4 Å². The van der Waals surface area contributed by atoms with Crippen molar-refractivity contribution < 1.29 is 13.6 Å². The van der Waals surface area contributed by atoms with Crippen LogP contribution < -0.4 is 5.32 Å². The van der Waals surface area contributed by atoms with Crippen LogP contribution in [-0.4, -0.2) is 15.7 Å². The fourth-order valence-electron chi connectivity index (χ4n) is 2.51. The van der Waals surface area contributed by atoms with E-state index < -0.39 is 17.7 Å². The number of rotatable bonds is 5. The van der Waals surface area contributed by atoms with E-state index in [1.165, 1.54) is 6.20 Å². The van der Waals surface area contributed by atoms with E-state index in [2.05, 4.69) is 10.4 Å². The van der Waals surface area contributed by atoms with E-state index >= 15 is 0 Å². The summed E-state index contributed by atoms with van der Waals surface area (Å²) in [4.78, 5) is 12.3. The smallest absolute Gasteiger partial charge is 0.254 e. The molecule has 6 heteroatoms. The van der Waals surface area contributed by atoms with Gasteiger partial charge in [-0.1, -0.05) is 0 Å². The first-order valence-electron chi connectivity index (χ1n) is 7.36. The maximum atomic E-state index is 14.0. The number of aryl methyl sites for hydroxylation is 1. The minimum Gasteiger partial charge on any atom is -0.345 e. The Labute approximate surface area is 127 Å². The van der Waals surface area contributed by atoms with Crippen molar-refractivity contribution in [2.24, 2.45) is 5.92 Å². The molecule has 0 radical (unpaired) electrons. The molecule has 0 aliphatic heterocycles. The van der Waals surface area contributed by atoms with Crippen molar-refractivity contribution in [3.63, 3.8) is 0 Å². The molecular weight excluding hydrogens is 288 g/mol. The second-order valence-corrected chi connectivity index (χ2v) is 5.54. The largest absolute Gasteiger partial charge is 0.345 e. The quantitative estimate of drug-likeness (QED) is 0.923. The molecule has 116 valence electrons. The number of halogens is 2. The Morgan fingerprint density at radius 3 is 2.86 bits per heavy atom. The number of nitrogens with one attached hydrogen (secondary N) is 1. The number of carbonyl (C=O) groups excluding carboxylic acids is 1. The Hall–Kier alpha value is -2.24. The average Bonchev–Trinajstić information content (AvgIpc) is 3.23. The van der Waals surface area contributed by atoms with Crippen LogP contribution in [0.15, 0.2) is 30.6 Å². The number of amides is 1. The van der Waals surface area contributed by atoms with Crippen LogP contribution in [0.3, 0.4) is 0 Å². The minimum atomic E-state index is -0.506. The maximum Gasteiger partial charge on any atom is 0.254 e. The molecule has 4 nitrogen and oxygen atoms in total. The molecule has 1 aliphatic rings. The van der Waals surface area contributed by atoms with Gasteiger partial charge in [0.05, 0.1) is 17.8 Å². The lowest BCUT2D eigenvalue weighted by atomic mass is 10.0. The van der Waals surface area contributed by atoms with Gasteiger partial charge in [-0.25, -0.2) is 8.78 Å². The topological polar surface area (TPSA) is 46.9 Å². The normalized spacial score (nSPS) is 15.6. The van der Waals surface area contributed by atoms with Crippen molar-refractivity contribution in [2.75, 3.05) is 0 Å². The summed E-state index contributed by atoms with van der Waals surface area (Å²) in [6, 6.07) is 2.83. The third-order valence-corrected chi connectivity index (χ3v) is 3.89. The van der Waals surface area contributed by atoms with Crippen LogP contribution in [0.25, 0.3) is 0 Å². The highest BCUT2D eigenvalue weighted by Gasteiger charge is 2.35. The summed E-state index contributed by atoms with van der Waals surface area (Å²) in [5.74, 6) is -1.17. The molecule has 0 bridgehead atoms. The van der Waals surface area contributed by atoms with Gasteiger partial charge in [-0.3, -0.25) is 9.48 Å². The van der Waals surface area contributed by atoms with E-state index in [0.717, 1.165) is 31.0 Å². The Kier molecular flexibility index (Phi) is 3.92. The molecule has 3 rings (SSSR count). The Bertz CT molecular complexity index is 694. The van der Waals surface area contributed by atoms with Crippen molar-refractivity contribution in [1.29, 1.82) is 0 Å². The number of aromatic nitrogens is 2. The van der Waals surface area contributed by atoms with Crippen molar-refractivity contribution >= 4 is 5.91 Å². The molecule has 1 aromatic heterocycles. The number of hydrogen-bond acceptors (Lipinski definition) is 2. The average molecular weight is 305 g/mol. The summed E-state index contributed by atoms with van der Waals surface area (Å²) >= 11 is 0. The van der Waals surface area contributed by atoms with E-state index in [-0.39, 0.29) is 17.4 Å². The second kappa shape index (κ2) is 5.87. The lowest BCUT2D eigenvalue weighted by Crippen LogP contribution is -2.30. The molecule has 0 spiro atoms. The molecule has 2 aromatic rings. The zero-order valence-corrected chi connectivity index (χ0v) is 12.2. The zero-order chi connectivity index (χ0) is 15.7. The van der Waals surface area contributed by atoms with Gasteiger partial charge in [-0.05, 0) is 43.9 Å². The highest BCUT2D eigenvalue weighted by molar-refractivity contribution is 5.94. The van der Waals surface area contributed by atoms with Crippen LogP contribution in [0.5, 0.6) is 0 Å². The molecular formula is C16H17F2N3O. The molecule has 1 atom stereocenters. The van der Waals surface area contributed by atoms with Gasteiger partial charge in [0.1, 0.15) is 11.6 Å². The van der Waals surface area contributed by atoms with E-state index in [4.69, 9.17) is 0 Å². The molecule has 1 heterocycles. The number of hydrogen-bond donors (Lipinski definition) is 1. The first-order valence-corrected chi connectivity index (χ1v) is 7.36. The Morgan fingerprint density at radius 1 is 1.45 bits per heavy atom. The summed E-state index contributed by atoms with van der Waals surface area (Å²) in [5.41, 5.74) is 0.628. The molecule has 1 amide bonds. The van der Waals surface area contributed by atoms with Gasteiger partial charge in [-0.15, -0.1) is 0 Å². The van der Waals surface area contributed by atoms with Gasteiger partial charge in [0, 0.05) is 18.3 Å². The van der Waals surface area contributed by atoms with Gasteiger partial charge in [-0.2, -0.15) is 5.10 Å². The fourth-order valence-corrected chi connectivity index (χ4v) is 2.51. The summed E-state index contributed by atoms with van der Waals surface area (Å²) in [5, 5.41) is 6.87. The predicted octanol–water partition coefficient (Wildman–Crippen LogP) is 3.06. The standard InChI is InChI=1S/C16H17F2N3O/c1-2-21-9-11(8-19-21)16(22)20-15(10-3-4-10)13-7-12(17)5-6-14(13)18/h5-10,15H,2-4H2,1H3,(H,20,22)/t15-/m1/s1. The number of carbonyl (C=O) groups is 1. The van der Waals surface area contributed by atoms with Gasteiger partial charge < -0.3 is 5.32 Å². The predicted molar refractivity (Wildman–Crippen MR) is 77.2 cm³/mol. The fraction of sp³-hybridized carbons (Fsp3) is 0.375. The molecule has 1 fully saturated rings. The highest BCUT2D eigenvalue weighted by atomic mass is 19.1. The Balaban J connectivity index is 1.83. The van der Waals surface area contributed by atoms with Gasteiger partial charge in [0.25, 0.3) is 5.91 Å². The summed E-state index contributed by atoms with van der Waals surface area (Å²) in [6.07, 6.45) is 4.91. The summed E-state index contributed by atoms with van der Waals surface area (Å²) in [6.45, 7) is 2.58. The lowest BCUT2D eigenvalue weighted by molar-refractivity contribution is 0.0930. The van der Waals surface area contributed by atoms with Gasteiger partial charge >= 0.3 is 0 Å². The van der Waals surface area contributed by atoms with Crippen molar-refractivity contribution in [1.82, 2.24) is 15.1 Å². The minimum absolute atomic E-state index is 0.154. The molecule has 1 aliphatic carbocycles. The van der Waals surface area contributed by atoms with Crippen LogP contribution in [0.4, 0.5) is 8.78 Å². The van der Waals surface area contributed by atoms with E-state index in [0.29, 0.717) is 12.1 Å². The lowest BCUT2D eigenvalue weighted by Gasteiger charge is -2.19. The zero-order valence-electron chi connectivity index (χ0n) is 12.2. The van der Waals surface area contributed by atoms with Crippen molar-refractivity contribution in [2.45, 2.75) is 32.4 Å². The van der Waals surface area contributed by atoms with E-state index in [1.807, 2.05) is 6.92 Å². The second-order valence-electron chi connectivity index (χ2n) is 5.54. The summed E-state index contributed by atoms with van der Waals surface area (Å²) in [7, 11) is 0. The Morgan fingerprint density at radius 2 is 2.23 bits per heavy atom. The van der Waals surface area contributed by atoms with E-state index in [1.54, 1.807) is 10.9 Å². The summed E-state index contributed by atoms with van der Waals surface area (Å²) < 4.78 is 29.0. The van der Waals surface area contributed by atoms with Gasteiger partial charge in [0.15, 0.2) is 0 Å². The molecule has 0 saturated heterocycles. The highest BCUT2D eigenvalue weighted by Crippen LogP contribution is 2.42. The van der Waals surface area contributed by atoms with Crippen LogP contribution in [0.2, 0.25) is 0 Å². The SMILES string of the molecule is CCn1cc(C(=O)N[C@@H](c2cc(F)ccc2F)C2CC2)cn1. The first-order chi connectivity index (χ1) is 10.6. The molecule has 1 N–H and O–H groups in total. The van der Waals surface area contributed by atoms with Crippen LogP contribution in [0, 0.1) is 17.6 Å². The maximum absolute atomic E-state index is 14.0. The van der Waals surface area contributed by atoms with Crippen LogP contribution >= 0.6 is 0 Å². The van der Waals surface area contributed by atoms with Crippen LogP contribution in [-0.2, 0) is 6.54 Å². The number of nitrogens with zero attached hydrogens (tertiary/aromatic N) is 2. The molecule has 1 saturated carbocycles. The molecule has 1 aromatic carbocycles. The monoisotopic (exact) mass is 305 g/mol. The van der Waals surface area contributed by atoms with Crippen molar-refractivity contribution in [3.8, 4) is 0 Å². The first kappa shape index (κ1) is 14.7. The number of benzene rings is 1. The third kappa shape index (κ3) is 3.00. The molecule has 0 unspecified atom stereocenters. The molecule has 22 heavy (non-hydrogen) atoms. The van der Waals surface area contributed by atoms with Gasteiger partial charge in [0.2, 0.25) is 0 Å². The van der Waals surface area contributed by atoms with Crippen LogP contribution in [0.1, 0.15) is 41.7 Å².